The number of benzene rings is 1. The number of aryl methyl sites for hydroxylation is 2. The summed E-state index contributed by atoms with van der Waals surface area (Å²) in [5.74, 6) is -0.881. The third-order valence-corrected chi connectivity index (χ3v) is 6.49. The standard InChI is InChI=1S/C21H25N3O3/c1-13-14(2)22-23(3)18(13)19(25)24-16-9-10-17(24)21(12-16,20(26)27)11-15-7-5-4-6-8-15/h4-8,16-17H,9-12H2,1-3H3,(H,26,27)/t16-,17+,21+/m0/s1. The zero-order valence-electron chi connectivity index (χ0n) is 16.0. The van der Waals surface area contributed by atoms with E-state index < -0.39 is 11.4 Å². The van der Waals surface area contributed by atoms with Crippen molar-refractivity contribution in [3.63, 3.8) is 0 Å². The van der Waals surface area contributed by atoms with Crippen molar-refractivity contribution in [3.05, 3.63) is 52.8 Å². The fourth-order valence-electron chi connectivity index (χ4n) is 5.13. The molecule has 27 heavy (non-hydrogen) atoms. The topological polar surface area (TPSA) is 75.4 Å². The van der Waals surface area contributed by atoms with Crippen LogP contribution in [0.25, 0.3) is 0 Å². The average Bonchev–Trinajstić information content (AvgIpc) is 3.26. The number of aliphatic carboxylic acids is 1. The number of carboxylic acids is 1. The molecule has 1 aromatic carbocycles. The lowest BCUT2D eigenvalue weighted by Crippen LogP contribution is -2.46. The molecule has 0 aliphatic carbocycles. The van der Waals surface area contributed by atoms with E-state index in [4.69, 9.17) is 0 Å². The molecule has 1 aromatic heterocycles. The van der Waals surface area contributed by atoms with Gasteiger partial charge in [0.15, 0.2) is 0 Å². The van der Waals surface area contributed by atoms with Crippen LogP contribution in [0.3, 0.4) is 0 Å². The Hall–Kier alpha value is -2.63. The van der Waals surface area contributed by atoms with E-state index >= 15 is 0 Å². The van der Waals surface area contributed by atoms with Crippen LogP contribution in [-0.4, -0.2) is 43.7 Å². The van der Waals surface area contributed by atoms with Gasteiger partial charge in [-0.05, 0) is 45.1 Å². The Morgan fingerprint density at radius 2 is 1.93 bits per heavy atom. The Morgan fingerprint density at radius 3 is 2.52 bits per heavy atom. The summed E-state index contributed by atoms with van der Waals surface area (Å²) in [4.78, 5) is 27.7. The van der Waals surface area contributed by atoms with Gasteiger partial charge in [-0.3, -0.25) is 14.3 Å². The smallest absolute Gasteiger partial charge is 0.312 e. The van der Waals surface area contributed by atoms with Gasteiger partial charge >= 0.3 is 5.97 Å². The minimum atomic E-state index is -0.915. The van der Waals surface area contributed by atoms with Gasteiger partial charge in [-0.2, -0.15) is 5.10 Å². The number of aromatic nitrogens is 2. The van der Waals surface area contributed by atoms with Crippen molar-refractivity contribution in [2.75, 3.05) is 0 Å². The van der Waals surface area contributed by atoms with Crippen molar-refractivity contribution >= 4 is 11.9 Å². The van der Waals surface area contributed by atoms with Crippen LogP contribution in [0.1, 0.15) is 46.6 Å². The lowest BCUT2D eigenvalue weighted by atomic mass is 9.70. The van der Waals surface area contributed by atoms with Crippen LogP contribution in [0, 0.1) is 19.3 Å². The maximum atomic E-state index is 13.4. The monoisotopic (exact) mass is 367 g/mol. The van der Waals surface area contributed by atoms with Crippen molar-refractivity contribution in [2.24, 2.45) is 12.5 Å². The van der Waals surface area contributed by atoms with Gasteiger partial charge in [0.25, 0.3) is 5.91 Å². The molecular weight excluding hydrogens is 342 g/mol. The molecule has 0 spiro atoms. The summed E-state index contributed by atoms with van der Waals surface area (Å²) < 4.78 is 1.63. The van der Waals surface area contributed by atoms with E-state index in [9.17, 15) is 14.7 Å². The highest BCUT2D eigenvalue weighted by Crippen LogP contribution is 2.52. The Kier molecular flexibility index (Phi) is 4.09. The lowest BCUT2D eigenvalue weighted by molar-refractivity contribution is -0.150. The normalized spacial score (nSPS) is 26.6. The van der Waals surface area contributed by atoms with E-state index in [1.165, 1.54) is 0 Å². The van der Waals surface area contributed by atoms with Crippen molar-refractivity contribution in [1.29, 1.82) is 0 Å². The van der Waals surface area contributed by atoms with E-state index in [0.29, 0.717) is 18.5 Å². The molecule has 2 aliphatic rings. The van der Waals surface area contributed by atoms with Crippen molar-refractivity contribution in [1.82, 2.24) is 14.7 Å². The molecule has 6 nitrogen and oxygen atoms in total. The zero-order valence-corrected chi connectivity index (χ0v) is 16.0. The molecule has 2 saturated heterocycles. The number of carbonyl (C=O) groups is 2. The molecular formula is C21H25N3O3. The van der Waals surface area contributed by atoms with Crippen LogP contribution in [-0.2, 0) is 18.3 Å². The summed E-state index contributed by atoms with van der Waals surface area (Å²) in [6.45, 7) is 3.80. The number of fused-ring (bicyclic) bond motifs is 2. The molecule has 1 amide bonds. The maximum absolute atomic E-state index is 13.4. The van der Waals surface area contributed by atoms with E-state index in [0.717, 1.165) is 29.7 Å². The van der Waals surface area contributed by atoms with Gasteiger partial charge in [0.1, 0.15) is 5.69 Å². The predicted octanol–water partition coefficient (Wildman–Crippen LogP) is 2.73. The average molecular weight is 367 g/mol. The number of rotatable bonds is 4. The molecule has 1 N–H and O–H groups in total. The third-order valence-electron chi connectivity index (χ3n) is 6.49. The molecule has 0 saturated carbocycles. The van der Waals surface area contributed by atoms with Crippen molar-refractivity contribution in [3.8, 4) is 0 Å². The first-order valence-electron chi connectivity index (χ1n) is 9.45. The predicted molar refractivity (Wildman–Crippen MR) is 100 cm³/mol. The summed E-state index contributed by atoms with van der Waals surface area (Å²) in [6, 6.07) is 9.45. The molecule has 2 fully saturated rings. The van der Waals surface area contributed by atoms with E-state index in [-0.39, 0.29) is 18.0 Å². The highest BCUT2D eigenvalue weighted by molar-refractivity contribution is 5.96. The van der Waals surface area contributed by atoms with Gasteiger partial charge in [0.2, 0.25) is 0 Å². The van der Waals surface area contributed by atoms with Crippen molar-refractivity contribution < 1.29 is 14.7 Å². The molecule has 3 heterocycles. The molecule has 2 aromatic rings. The van der Waals surface area contributed by atoms with Gasteiger partial charge in [-0.15, -0.1) is 0 Å². The summed E-state index contributed by atoms with van der Waals surface area (Å²) in [5, 5.41) is 14.5. The summed E-state index contributed by atoms with van der Waals surface area (Å²) in [6.07, 6.45) is 2.59. The number of nitrogens with zero attached hydrogens (tertiary/aromatic N) is 3. The lowest BCUT2D eigenvalue weighted by Gasteiger charge is -2.33. The van der Waals surface area contributed by atoms with Crippen LogP contribution in [0.2, 0.25) is 0 Å². The van der Waals surface area contributed by atoms with Gasteiger partial charge in [-0.1, -0.05) is 30.3 Å². The van der Waals surface area contributed by atoms with Gasteiger partial charge < -0.3 is 10.0 Å². The molecule has 142 valence electrons. The minimum absolute atomic E-state index is 0.0167. The second-order valence-electron chi connectivity index (χ2n) is 7.97. The Balaban J connectivity index is 1.71. The molecule has 2 aliphatic heterocycles. The van der Waals surface area contributed by atoms with E-state index in [2.05, 4.69) is 5.10 Å². The number of hydrogen-bond acceptors (Lipinski definition) is 3. The Labute approximate surface area is 158 Å². The SMILES string of the molecule is Cc1nn(C)c(C(=O)N2[C@H]3CC[C@@H]2[C@](Cc2ccccc2)(C(=O)O)C3)c1C. The molecule has 2 bridgehead atoms. The Morgan fingerprint density at radius 1 is 1.22 bits per heavy atom. The third kappa shape index (κ3) is 2.58. The van der Waals surface area contributed by atoms with Crippen LogP contribution in [0.15, 0.2) is 30.3 Å². The highest BCUT2D eigenvalue weighted by Gasteiger charge is 2.61. The molecule has 6 heteroatoms. The first kappa shape index (κ1) is 17.8. The van der Waals surface area contributed by atoms with Crippen molar-refractivity contribution in [2.45, 2.75) is 51.6 Å². The van der Waals surface area contributed by atoms with Gasteiger partial charge in [0, 0.05) is 24.7 Å². The van der Waals surface area contributed by atoms with Gasteiger partial charge in [0.05, 0.1) is 11.1 Å². The first-order valence-corrected chi connectivity index (χ1v) is 9.45. The fraction of sp³-hybridized carbons (Fsp3) is 0.476. The van der Waals surface area contributed by atoms with Crippen LogP contribution < -0.4 is 0 Å². The minimum Gasteiger partial charge on any atom is -0.481 e. The zero-order chi connectivity index (χ0) is 19.3. The van der Waals surface area contributed by atoms with E-state index in [1.54, 1.807) is 11.7 Å². The number of carbonyl (C=O) groups excluding carboxylic acids is 1. The maximum Gasteiger partial charge on any atom is 0.312 e. The number of amides is 1. The largest absolute Gasteiger partial charge is 0.481 e. The fourth-order valence-corrected chi connectivity index (χ4v) is 5.13. The summed E-state index contributed by atoms with van der Waals surface area (Å²) in [5.41, 5.74) is 2.37. The molecule has 3 atom stereocenters. The summed E-state index contributed by atoms with van der Waals surface area (Å²) >= 11 is 0. The number of carboxylic acid groups (broad SMARTS) is 1. The molecule has 0 unspecified atom stereocenters. The summed E-state index contributed by atoms with van der Waals surface area (Å²) in [7, 11) is 1.78. The molecule has 4 rings (SSSR count). The van der Waals surface area contributed by atoms with Gasteiger partial charge in [-0.25, -0.2) is 0 Å². The quantitative estimate of drug-likeness (QED) is 0.902. The van der Waals surface area contributed by atoms with E-state index in [1.807, 2.05) is 49.1 Å². The van der Waals surface area contributed by atoms with Crippen LogP contribution in [0.4, 0.5) is 0 Å². The first-order chi connectivity index (χ1) is 12.8. The van der Waals surface area contributed by atoms with Crippen LogP contribution in [0.5, 0.6) is 0 Å². The second-order valence-corrected chi connectivity index (χ2v) is 7.97. The van der Waals surface area contributed by atoms with Crippen LogP contribution >= 0.6 is 0 Å². The second kappa shape index (κ2) is 6.22. The molecule has 0 radical (unpaired) electrons. The Bertz CT molecular complexity index is 905. The number of hydrogen-bond donors (Lipinski definition) is 1. The highest BCUT2D eigenvalue weighted by atomic mass is 16.4.